The van der Waals surface area contributed by atoms with Gasteiger partial charge in [-0.05, 0) is 56.3 Å². The molecular weight excluding hydrogens is 424 g/mol. The largest absolute Gasteiger partial charge is 0.493 e. The highest BCUT2D eigenvalue weighted by Gasteiger charge is 2.15. The van der Waals surface area contributed by atoms with Gasteiger partial charge in [-0.3, -0.25) is 9.69 Å². The van der Waals surface area contributed by atoms with Crippen LogP contribution >= 0.6 is 0 Å². The molecule has 1 aliphatic rings. The summed E-state index contributed by atoms with van der Waals surface area (Å²) in [6, 6.07) is 12.7. The lowest BCUT2D eigenvalue weighted by molar-refractivity contribution is -0.114. The van der Waals surface area contributed by atoms with Crippen LogP contribution in [0.25, 0.3) is 11.4 Å². The lowest BCUT2D eigenvalue weighted by Crippen LogP contribution is -2.25. The molecule has 0 aliphatic carbocycles. The number of likely N-dealkylation sites (tertiary alicyclic amines) is 1. The number of carbonyl (C=O) groups is 1. The number of anilines is 1. The highest BCUT2D eigenvalue weighted by Crippen LogP contribution is 2.31. The third-order valence-electron chi connectivity index (χ3n) is 5.27. The summed E-state index contributed by atoms with van der Waals surface area (Å²) in [4.78, 5) is 18.0. The van der Waals surface area contributed by atoms with Gasteiger partial charge in [0, 0.05) is 30.8 Å². The van der Waals surface area contributed by atoms with Gasteiger partial charge in [-0.2, -0.15) is 4.98 Å². The Hall–Kier alpha value is -3.59. The van der Waals surface area contributed by atoms with Gasteiger partial charge >= 0.3 is 0 Å². The molecular formula is C24H28N4O5. The van der Waals surface area contributed by atoms with Crippen molar-refractivity contribution in [2.75, 3.05) is 38.7 Å². The number of hydrogen-bond donors (Lipinski definition) is 1. The highest BCUT2D eigenvalue weighted by molar-refractivity contribution is 5.88. The third kappa shape index (κ3) is 6.23. The standard InChI is InChI=1S/C24H28N4O5/c1-17(29)25-19-6-5-7-20(15-19)32-16-23-26-24(27-33-23)18-8-9-21(22(14-18)30-2)31-13-12-28-10-3-4-11-28/h5-9,14-15H,3-4,10-13,16H2,1-2H3,(H,25,29). The molecule has 1 amide bonds. The Morgan fingerprint density at radius 2 is 1.97 bits per heavy atom. The Balaban J connectivity index is 1.35. The van der Waals surface area contributed by atoms with Crippen LogP contribution in [0.1, 0.15) is 25.7 Å². The smallest absolute Gasteiger partial charge is 0.264 e. The van der Waals surface area contributed by atoms with Gasteiger partial charge in [0.05, 0.1) is 7.11 Å². The van der Waals surface area contributed by atoms with Gasteiger partial charge in [0.2, 0.25) is 11.7 Å². The Labute approximate surface area is 192 Å². The SMILES string of the molecule is COc1cc(-c2noc(COc3cccc(NC(C)=O)c3)n2)ccc1OCCN1CCCC1. The van der Waals surface area contributed by atoms with E-state index < -0.39 is 0 Å². The second kappa shape index (κ2) is 10.8. The van der Waals surface area contributed by atoms with Crippen molar-refractivity contribution in [3.05, 3.63) is 48.4 Å². The van der Waals surface area contributed by atoms with Crippen molar-refractivity contribution in [3.63, 3.8) is 0 Å². The van der Waals surface area contributed by atoms with Gasteiger partial charge in [-0.1, -0.05) is 11.2 Å². The minimum atomic E-state index is -0.146. The van der Waals surface area contributed by atoms with Crippen molar-refractivity contribution < 1.29 is 23.5 Å². The number of rotatable bonds is 10. The first-order chi connectivity index (χ1) is 16.1. The summed E-state index contributed by atoms with van der Waals surface area (Å²) in [6.45, 7) is 5.37. The van der Waals surface area contributed by atoms with Gasteiger partial charge in [0.15, 0.2) is 18.1 Å². The van der Waals surface area contributed by atoms with E-state index in [0.29, 0.717) is 41.3 Å². The molecule has 1 aliphatic heterocycles. The average molecular weight is 453 g/mol. The molecule has 2 heterocycles. The molecule has 2 aromatic carbocycles. The molecule has 9 heteroatoms. The number of nitrogens with zero attached hydrogens (tertiary/aromatic N) is 3. The molecule has 0 bridgehead atoms. The van der Waals surface area contributed by atoms with Crippen molar-refractivity contribution in [1.29, 1.82) is 0 Å². The Bertz CT molecular complexity index is 1080. The Morgan fingerprint density at radius 3 is 2.76 bits per heavy atom. The molecule has 0 unspecified atom stereocenters. The summed E-state index contributed by atoms with van der Waals surface area (Å²) in [6.07, 6.45) is 2.53. The summed E-state index contributed by atoms with van der Waals surface area (Å²) in [5.41, 5.74) is 1.41. The van der Waals surface area contributed by atoms with Crippen LogP contribution in [0.2, 0.25) is 0 Å². The maximum Gasteiger partial charge on any atom is 0.264 e. The molecule has 0 saturated carbocycles. The van der Waals surface area contributed by atoms with Gasteiger partial charge < -0.3 is 24.1 Å². The van der Waals surface area contributed by atoms with Crippen molar-refractivity contribution in [3.8, 4) is 28.6 Å². The number of methoxy groups -OCH3 is 1. The first-order valence-electron chi connectivity index (χ1n) is 11.0. The zero-order valence-electron chi connectivity index (χ0n) is 18.9. The fourth-order valence-electron chi connectivity index (χ4n) is 3.66. The number of nitrogens with one attached hydrogen (secondary N) is 1. The monoisotopic (exact) mass is 452 g/mol. The fourth-order valence-corrected chi connectivity index (χ4v) is 3.66. The lowest BCUT2D eigenvalue weighted by Gasteiger charge is -2.16. The minimum absolute atomic E-state index is 0.103. The number of benzene rings is 2. The predicted octanol–water partition coefficient (Wildman–Crippen LogP) is 3.76. The summed E-state index contributed by atoms with van der Waals surface area (Å²) >= 11 is 0. The molecule has 174 valence electrons. The van der Waals surface area contributed by atoms with Crippen LogP contribution in [0.3, 0.4) is 0 Å². The minimum Gasteiger partial charge on any atom is -0.493 e. The van der Waals surface area contributed by atoms with E-state index in [1.807, 2.05) is 18.2 Å². The molecule has 1 saturated heterocycles. The van der Waals surface area contributed by atoms with Crippen LogP contribution in [0.4, 0.5) is 5.69 Å². The molecule has 3 aromatic rings. The molecule has 33 heavy (non-hydrogen) atoms. The van der Waals surface area contributed by atoms with E-state index in [0.717, 1.165) is 25.2 Å². The number of aromatic nitrogens is 2. The number of hydrogen-bond acceptors (Lipinski definition) is 8. The van der Waals surface area contributed by atoms with Crippen LogP contribution in [0.15, 0.2) is 47.0 Å². The first-order valence-corrected chi connectivity index (χ1v) is 11.0. The fraction of sp³-hybridized carbons (Fsp3) is 0.375. The van der Waals surface area contributed by atoms with E-state index in [-0.39, 0.29) is 12.5 Å². The zero-order valence-corrected chi connectivity index (χ0v) is 18.9. The normalized spacial score (nSPS) is 13.6. The molecule has 0 radical (unpaired) electrons. The zero-order chi connectivity index (χ0) is 23.0. The Kier molecular flexibility index (Phi) is 7.41. The van der Waals surface area contributed by atoms with E-state index in [1.54, 1.807) is 31.4 Å². The summed E-state index contributed by atoms with van der Waals surface area (Å²) in [5, 5.41) is 6.77. The van der Waals surface area contributed by atoms with Crippen LogP contribution < -0.4 is 19.5 Å². The molecule has 1 fully saturated rings. The summed E-state index contributed by atoms with van der Waals surface area (Å²) in [5.74, 6) is 2.51. The molecule has 1 aromatic heterocycles. The van der Waals surface area contributed by atoms with E-state index in [4.69, 9.17) is 18.7 Å². The average Bonchev–Trinajstić information content (AvgIpc) is 3.50. The maximum absolute atomic E-state index is 11.2. The van der Waals surface area contributed by atoms with Crippen LogP contribution in [0, 0.1) is 0 Å². The first kappa shape index (κ1) is 22.6. The van der Waals surface area contributed by atoms with E-state index in [1.165, 1.54) is 19.8 Å². The Morgan fingerprint density at radius 1 is 1.12 bits per heavy atom. The topological polar surface area (TPSA) is 99.0 Å². The quantitative estimate of drug-likeness (QED) is 0.497. The van der Waals surface area contributed by atoms with E-state index >= 15 is 0 Å². The number of amides is 1. The van der Waals surface area contributed by atoms with Crippen LogP contribution in [0.5, 0.6) is 17.2 Å². The molecule has 9 nitrogen and oxygen atoms in total. The third-order valence-corrected chi connectivity index (χ3v) is 5.27. The van der Waals surface area contributed by atoms with Crippen molar-refractivity contribution in [1.82, 2.24) is 15.0 Å². The summed E-state index contributed by atoms with van der Waals surface area (Å²) in [7, 11) is 1.61. The molecule has 4 rings (SSSR count). The van der Waals surface area contributed by atoms with Gasteiger partial charge in [-0.25, -0.2) is 0 Å². The van der Waals surface area contributed by atoms with E-state index in [2.05, 4.69) is 20.4 Å². The van der Waals surface area contributed by atoms with Crippen LogP contribution in [-0.4, -0.2) is 54.3 Å². The number of ether oxygens (including phenoxy) is 3. The van der Waals surface area contributed by atoms with E-state index in [9.17, 15) is 4.79 Å². The summed E-state index contributed by atoms with van der Waals surface area (Å²) < 4.78 is 22.5. The molecule has 0 atom stereocenters. The maximum atomic E-state index is 11.2. The number of carbonyl (C=O) groups excluding carboxylic acids is 1. The van der Waals surface area contributed by atoms with Crippen LogP contribution in [-0.2, 0) is 11.4 Å². The lowest BCUT2D eigenvalue weighted by atomic mass is 10.2. The van der Waals surface area contributed by atoms with Crippen molar-refractivity contribution >= 4 is 11.6 Å². The molecule has 0 spiro atoms. The van der Waals surface area contributed by atoms with Gasteiger partial charge in [-0.15, -0.1) is 0 Å². The predicted molar refractivity (Wildman–Crippen MR) is 123 cm³/mol. The van der Waals surface area contributed by atoms with Crippen molar-refractivity contribution in [2.45, 2.75) is 26.4 Å². The van der Waals surface area contributed by atoms with Gasteiger partial charge in [0.1, 0.15) is 12.4 Å². The highest BCUT2D eigenvalue weighted by atomic mass is 16.5. The molecule has 1 N–H and O–H groups in total. The van der Waals surface area contributed by atoms with Gasteiger partial charge in [0.25, 0.3) is 5.89 Å². The second-order valence-electron chi connectivity index (χ2n) is 7.77. The van der Waals surface area contributed by atoms with Crippen molar-refractivity contribution in [2.24, 2.45) is 0 Å². The second-order valence-corrected chi connectivity index (χ2v) is 7.77.